The number of nitrogens with zero attached hydrogens (tertiary/aromatic N) is 2. The van der Waals surface area contributed by atoms with Crippen LogP contribution in [0.5, 0.6) is 0 Å². The monoisotopic (exact) mass is 285 g/mol. The Morgan fingerprint density at radius 1 is 1.39 bits per heavy atom. The van der Waals surface area contributed by atoms with E-state index in [1.807, 2.05) is 24.0 Å². The normalized spacial score (nSPS) is 18.6. The molecule has 1 aliphatic heterocycles. The molecule has 2 N–H and O–H groups in total. The summed E-state index contributed by atoms with van der Waals surface area (Å²) < 4.78 is 22.8. The molecule has 0 bridgehead atoms. The van der Waals surface area contributed by atoms with Crippen molar-refractivity contribution in [2.24, 2.45) is 5.73 Å². The molecule has 0 saturated carbocycles. The molecule has 0 unspecified atom stereocenters. The Hall–Kier alpha value is -1.21. The van der Waals surface area contributed by atoms with Gasteiger partial charge in [-0.3, -0.25) is 0 Å². The van der Waals surface area contributed by atoms with Crippen molar-refractivity contribution in [1.29, 1.82) is 0 Å². The van der Waals surface area contributed by atoms with E-state index in [9.17, 15) is 8.42 Å². The molecule has 2 rings (SSSR count). The maximum atomic E-state index is 11.4. The molecule has 0 spiro atoms. The summed E-state index contributed by atoms with van der Waals surface area (Å²) in [6.07, 6.45) is 0. The number of hydrogen-bond acceptors (Lipinski definition) is 5. The van der Waals surface area contributed by atoms with Crippen LogP contribution in [0, 0.1) is 6.92 Å². The van der Waals surface area contributed by atoms with Gasteiger partial charge < -0.3 is 10.6 Å². The molecule has 1 aromatic rings. The average molecular weight is 285 g/mol. The molecule has 18 heavy (non-hydrogen) atoms. The molecule has 1 aliphatic rings. The molecular formula is C11H15N3O2S2. The van der Waals surface area contributed by atoms with Gasteiger partial charge in [0.2, 0.25) is 0 Å². The predicted molar refractivity (Wildman–Crippen MR) is 75.7 cm³/mol. The Morgan fingerprint density at radius 2 is 2.00 bits per heavy atom. The van der Waals surface area contributed by atoms with Gasteiger partial charge in [-0.2, -0.15) is 0 Å². The third kappa shape index (κ3) is 2.78. The maximum Gasteiger partial charge on any atom is 0.153 e. The number of pyridine rings is 1. The van der Waals surface area contributed by atoms with Crippen LogP contribution in [-0.2, 0) is 9.84 Å². The van der Waals surface area contributed by atoms with Gasteiger partial charge in [-0.1, -0.05) is 12.2 Å². The Bertz CT molecular complexity index is 570. The van der Waals surface area contributed by atoms with Crippen molar-refractivity contribution in [2.75, 3.05) is 29.5 Å². The van der Waals surface area contributed by atoms with Crippen molar-refractivity contribution in [2.45, 2.75) is 6.92 Å². The van der Waals surface area contributed by atoms with Gasteiger partial charge in [-0.25, -0.2) is 13.4 Å². The number of hydrogen-bond donors (Lipinski definition) is 1. The number of nitrogens with two attached hydrogens (primary N) is 1. The van der Waals surface area contributed by atoms with Crippen LogP contribution in [0.25, 0.3) is 0 Å². The van der Waals surface area contributed by atoms with Gasteiger partial charge in [0, 0.05) is 18.8 Å². The lowest BCUT2D eigenvalue weighted by Gasteiger charge is -2.29. The number of aryl methyl sites for hydroxylation is 1. The minimum Gasteiger partial charge on any atom is -0.389 e. The zero-order valence-corrected chi connectivity index (χ0v) is 11.7. The fraction of sp³-hybridized carbons (Fsp3) is 0.455. The van der Waals surface area contributed by atoms with Gasteiger partial charge in [0.25, 0.3) is 0 Å². The Kier molecular flexibility index (Phi) is 3.54. The second-order valence-electron chi connectivity index (χ2n) is 4.33. The SMILES string of the molecule is Cc1ccc(C(N)=S)c(N2CCS(=O)(=O)CC2)n1. The lowest BCUT2D eigenvalue weighted by atomic mass is 10.2. The van der Waals surface area contributed by atoms with Crippen molar-refractivity contribution < 1.29 is 8.42 Å². The first-order chi connectivity index (χ1) is 8.39. The van der Waals surface area contributed by atoms with Crippen molar-refractivity contribution in [3.8, 4) is 0 Å². The van der Waals surface area contributed by atoms with Crippen molar-refractivity contribution in [1.82, 2.24) is 4.98 Å². The largest absolute Gasteiger partial charge is 0.389 e. The second kappa shape index (κ2) is 4.81. The highest BCUT2D eigenvalue weighted by Gasteiger charge is 2.24. The Labute approximate surface area is 112 Å². The molecule has 7 heteroatoms. The van der Waals surface area contributed by atoms with E-state index in [-0.39, 0.29) is 16.5 Å². The first kappa shape index (κ1) is 13.2. The summed E-state index contributed by atoms with van der Waals surface area (Å²) in [5, 5.41) is 0. The zero-order chi connectivity index (χ0) is 13.3. The molecule has 0 aliphatic carbocycles. The van der Waals surface area contributed by atoms with Gasteiger partial charge in [0.15, 0.2) is 9.84 Å². The fourth-order valence-corrected chi connectivity index (χ4v) is 3.26. The molecule has 0 atom stereocenters. The first-order valence-corrected chi connectivity index (χ1v) is 7.85. The standard InChI is InChI=1S/C11H15N3O2S2/c1-8-2-3-9(10(12)17)11(13-8)14-4-6-18(15,16)7-5-14/h2-3H,4-7H2,1H3,(H2,12,17). The number of anilines is 1. The van der Waals surface area contributed by atoms with Gasteiger partial charge in [-0.15, -0.1) is 0 Å². The van der Waals surface area contributed by atoms with Crippen LogP contribution in [0.1, 0.15) is 11.3 Å². The summed E-state index contributed by atoms with van der Waals surface area (Å²) in [5.74, 6) is 0.996. The van der Waals surface area contributed by atoms with Crippen molar-refractivity contribution in [3.63, 3.8) is 0 Å². The maximum absolute atomic E-state index is 11.4. The quantitative estimate of drug-likeness (QED) is 0.786. The van der Waals surface area contributed by atoms with Gasteiger partial charge in [0.1, 0.15) is 10.8 Å². The Balaban J connectivity index is 2.33. The highest BCUT2D eigenvalue weighted by Crippen LogP contribution is 2.20. The van der Waals surface area contributed by atoms with Crippen LogP contribution in [0.4, 0.5) is 5.82 Å². The van der Waals surface area contributed by atoms with Crippen LogP contribution in [0.2, 0.25) is 0 Å². The van der Waals surface area contributed by atoms with E-state index in [1.165, 1.54) is 0 Å². The molecule has 0 amide bonds. The number of thiocarbonyl (C=S) groups is 1. The fourth-order valence-electron chi connectivity index (χ4n) is 1.90. The van der Waals surface area contributed by atoms with E-state index in [4.69, 9.17) is 18.0 Å². The number of aromatic nitrogens is 1. The topological polar surface area (TPSA) is 76.3 Å². The van der Waals surface area contributed by atoms with Gasteiger partial charge in [0.05, 0.1) is 17.1 Å². The molecular weight excluding hydrogens is 270 g/mol. The molecule has 98 valence electrons. The lowest BCUT2D eigenvalue weighted by molar-refractivity contribution is 0.586. The van der Waals surface area contributed by atoms with Gasteiger partial charge >= 0.3 is 0 Å². The van der Waals surface area contributed by atoms with Gasteiger partial charge in [-0.05, 0) is 19.1 Å². The van der Waals surface area contributed by atoms with E-state index in [0.29, 0.717) is 24.5 Å². The third-order valence-corrected chi connectivity index (χ3v) is 4.75. The smallest absolute Gasteiger partial charge is 0.153 e. The zero-order valence-electron chi connectivity index (χ0n) is 10.1. The van der Waals surface area contributed by atoms with Crippen LogP contribution in [-0.4, -0.2) is 43.0 Å². The first-order valence-electron chi connectivity index (χ1n) is 5.62. The molecule has 1 fully saturated rings. The Morgan fingerprint density at radius 3 is 2.56 bits per heavy atom. The summed E-state index contributed by atoms with van der Waals surface area (Å²) in [5.41, 5.74) is 7.23. The van der Waals surface area contributed by atoms with Crippen LogP contribution < -0.4 is 10.6 Å². The second-order valence-corrected chi connectivity index (χ2v) is 7.07. The third-order valence-electron chi connectivity index (χ3n) is 2.92. The average Bonchev–Trinajstić information content (AvgIpc) is 2.28. The van der Waals surface area contributed by atoms with Crippen LogP contribution >= 0.6 is 12.2 Å². The minimum atomic E-state index is -2.90. The van der Waals surface area contributed by atoms with E-state index in [0.717, 1.165) is 5.69 Å². The molecule has 1 aromatic heterocycles. The highest BCUT2D eigenvalue weighted by atomic mass is 32.2. The summed E-state index contributed by atoms with van der Waals surface area (Å²) >= 11 is 5.00. The minimum absolute atomic E-state index is 0.152. The molecule has 1 saturated heterocycles. The number of rotatable bonds is 2. The summed E-state index contributed by atoms with van der Waals surface area (Å²) in [7, 11) is -2.90. The molecule has 5 nitrogen and oxygen atoms in total. The van der Waals surface area contributed by atoms with Crippen molar-refractivity contribution in [3.05, 3.63) is 23.4 Å². The summed E-state index contributed by atoms with van der Waals surface area (Å²) in [6, 6.07) is 3.68. The van der Waals surface area contributed by atoms with Crippen LogP contribution in [0.15, 0.2) is 12.1 Å². The van der Waals surface area contributed by atoms with E-state index in [2.05, 4.69) is 4.98 Å². The van der Waals surface area contributed by atoms with E-state index in [1.54, 1.807) is 0 Å². The van der Waals surface area contributed by atoms with E-state index < -0.39 is 9.84 Å². The van der Waals surface area contributed by atoms with Crippen molar-refractivity contribution >= 4 is 32.9 Å². The molecule has 2 heterocycles. The van der Waals surface area contributed by atoms with E-state index >= 15 is 0 Å². The molecule has 0 radical (unpaired) electrons. The summed E-state index contributed by atoms with van der Waals surface area (Å²) in [6.45, 7) is 2.76. The predicted octanol–water partition coefficient (Wildman–Crippen LogP) is 0.259. The lowest BCUT2D eigenvalue weighted by Crippen LogP contribution is -2.41. The van der Waals surface area contributed by atoms with Crippen LogP contribution in [0.3, 0.4) is 0 Å². The summed E-state index contributed by atoms with van der Waals surface area (Å²) in [4.78, 5) is 6.65. The molecule has 0 aromatic carbocycles. The highest BCUT2D eigenvalue weighted by molar-refractivity contribution is 7.91. The number of sulfone groups is 1.